The Morgan fingerprint density at radius 1 is 1.30 bits per heavy atom. The first-order chi connectivity index (χ1) is 9.26. The minimum Gasteiger partial charge on any atom is -0.465 e. The van der Waals surface area contributed by atoms with Crippen LogP contribution in [-0.2, 0) is 14.8 Å². The fourth-order valence-electron chi connectivity index (χ4n) is 1.78. The van der Waals surface area contributed by atoms with Crippen molar-refractivity contribution in [2.24, 2.45) is 0 Å². The van der Waals surface area contributed by atoms with Crippen LogP contribution in [0.4, 0.5) is 0 Å². The lowest BCUT2D eigenvalue weighted by Crippen LogP contribution is -2.34. The van der Waals surface area contributed by atoms with Gasteiger partial charge < -0.3 is 9.84 Å². The number of carbonyl (C=O) groups excluding carboxylic acids is 1. The van der Waals surface area contributed by atoms with Gasteiger partial charge in [0.1, 0.15) is 0 Å². The van der Waals surface area contributed by atoms with Gasteiger partial charge in [0.2, 0.25) is 10.0 Å². The quantitative estimate of drug-likeness (QED) is 0.762. The molecule has 0 spiro atoms. The molecule has 7 heteroatoms. The first kappa shape index (κ1) is 16.6. The van der Waals surface area contributed by atoms with Crippen LogP contribution in [0.3, 0.4) is 0 Å². The molecule has 0 radical (unpaired) electrons. The fraction of sp³-hybridized carbons (Fsp3) is 0.462. The number of rotatable bonds is 6. The van der Waals surface area contributed by atoms with Crippen LogP contribution < -0.4 is 4.72 Å². The summed E-state index contributed by atoms with van der Waals surface area (Å²) in [4.78, 5) is 11.3. The summed E-state index contributed by atoms with van der Waals surface area (Å²) >= 11 is 0. The monoisotopic (exact) mass is 301 g/mol. The Balaban J connectivity index is 2.85. The molecule has 2 N–H and O–H groups in total. The largest absolute Gasteiger partial charge is 0.465 e. The first-order valence-corrected chi connectivity index (χ1v) is 7.63. The number of hydrogen-bond acceptors (Lipinski definition) is 5. The number of sulfonamides is 1. The Morgan fingerprint density at radius 2 is 1.85 bits per heavy atom. The van der Waals surface area contributed by atoms with Crippen molar-refractivity contribution in [1.29, 1.82) is 0 Å². The lowest BCUT2D eigenvalue weighted by molar-refractivity contribution is 0.0600. The Bertz CT molecular complexity index is 551. The number of esters is 1. The van der Waals surface area contributed by atoms with Crippen LogP contribution in [0.2, 0.25) is 0 Å². The molecule has 6 nitrogen and oxygen atoms in total. The van der Waals surface area contributed by atoms with Crippen LogP contribution >= 0.6 is 0 Å². The molecule has 0 fully saturated rings. The summed E-state index contributed by atoms with van der Waals surface area (Å²) in [6.45, 7) is 3.27. The van der Waals surface area contributed by atoms with Gasteiger partial charge in [-0.2, -0.15) is 0 Å². The highest BCUT2D eigenvalue weighted by Crippen LogP contribution is 2.12. The normalized spacial score (nSPS) is 14.6. The summed E-state index contributed by atoms with van der Waals surface area (Å²) in [7, 11) is -2.41. The van der Waals surface area contributed by atoms with Crippen molar-refractivity contribution in [3.05, 3.63) is 29.8 Å². The standard InChI is InChI=1S/C13H19NO5S/c1-9(8-10(2)15)14-20(17,18)12-6-4-11(5-7-12)13(16)19-3/h4-7,9-10,14-15H,8H2,1-3H3. The molecule has 2 atom stereocenters. The molecule has 20 heavy (non-hydrogen) atoms. The zero-order valence-electron chi connectivity index (χ0n) is 11.7. The summed E-state index contributed by atoms with van der Waals surface area (Å²) in [5.74, 6) is -0.524. The second-order valence-electron chi connectivity index (χ2n) is 4.62. The summed E-state index contributed by atoms with van der Waals surface area (Å²) in [5, 5.41) is 9.23. The van der Waals surface area contributed by atoms with Gasteiger partial charge >= 0.3 is 5.97 Å². The number of aliphatic hydroxyl groups excluding tert-OH is 1. The summed E-state index contributed by atoms with van der Waals surface area (Å²) in [5.41, 5.74) is 0.281. The van der Waals surface area contributed by atoms with Crippen molar-refractivity contribution >= 4 is 16.0 Å². The van der Waals surface area contributed by atoms with Crippen LogP contribution in [0.1, 0.15) is 30.6 Å². The highest BCUT2D eigenvalue weighted by Gasteiger charge is 2.18. The topological polar surface area (TPSA) is 92.7 Å². The summed E-state index contributed by atoms with van der Waals surface area (Å²) in [6.07, 6.45) is -0.270. The molecule has 0 aromatic heterocycles. The maximum Gasteiger partial charge on any atom is 0.337 e. The number of methoxy groups -OCH3 is 1. The van der Waals surface area contributed by atoms with Crippen LogP contribution in [0.15, 0.2) is 29.2 Å². The maximum absolute atomic E-state index is 12.1. The predicted octanol–water partition coefficient (Wildman–Crippen LogP) is 0.911. The molecule has 0 bridgehead atoms. The molecule has 0 saturated heterocycles. The highest BCUT2D eigenvalue weighted by atomic mass is 32.2. The summed E-state index contributed by atoms with van der Waals surface area (Å²) < 4.78 is 31.1. The van der Waals surface area contributed by atoms with Crippen molar-refractivity contribution in [2.45, 2.75) is 37.3 Å². The molecule has 2 unspecified atom stereocenters. The van der Waals surface area contributed by atoms with Gasteiger partial charge in [0, 0.05) is 6.04 Å². The van der Waals surface area contributed by atoms with Gasteiger partial charge in [-0.15, -0.1) is 0 Å². The molecule has 0 aliphatic heterocycles. The molecular weight excluding hydrogens is 282 g/mol. The number of nitrogens with one attached hydrogen (secondary N) is 1. The first-order valence-electron chi connectivity index (χ1n) is 6.15. The molecule has 1 rings (SSSR count). The minimum atomic E-state index is -3.67. The predicted molar refractivity (Wildman–Crippen MR) is 73.9 cm³/mol. The van der Waals surface area contributed by atoms with Crippen molar-refractivity contribution in [2.75, 3.05) is 7.11 Å². The smallest absolute Gasteiger partial charge is 0.337 e. The van der Waals surface area contributed by atoms with E-state index >= 15 is 0 Å². The van der Waals surface area contributed by atoms with Gasteiger partial charge in [0.15, 0.2) is 0 Å². The average molecular weight is 301 g/mol. The Kier molecular flexibility index (Phi) is 5.67. The molecule has 0 heterocycles. The van der Waals surface area contributed by atoms with E-state index in [1.807, 2.05) is 0 Å². The molecule has 0 saturated carbocycles. The van der Waals surface area contributed by atoms with Crippen LogP contribution in [0.5, 0.6) is 0 Å². The number of carbonyl (C=O) groups is 1. The van der Waals surface area contributed by atoms with E-state index in [-0.39, 0.29) is 16.5 Å². The zero-order chi connectivity index (χ0) is 15.3. The van der Waals surface area contributed by atoms with Gasteiger partial charge in [-0.25, -0.2) is 17.9 Å². The van der Waals surface area contributed by atoms with Gasteiger partial charge in [-0.3, -0.25) is 0 Å². The van der Waals surface area contributed by atoms with E-state index in [2.05, 4.69) is 9.46 Å². The molecule has 1 aromatic rings. The Hall–Kier alpha value is -1.44. The molecule has 1 aromatic carbocycles. The van der Waals surface area contributed by atoms with Gasteiger partial charge in [-0.05, 0) is 44.5 Å². The Labute approximate surface area is 118 Å². The van der Waals surface area contributed by atoms with E-state index < -0.39 is 22.1 Å². The third-order valence-corrected chi connectivity index (χ3v) is 4.24. The number of benzene rings is 1. The average Bonchev–Trinajstić information content (AvgIpc) is 2.36. The fourth-order valence-corrected chi connectivity index (χ4v) is 3.04. The van der Waals surface area contributed by atoms with Crippen LogP contribution in [0, 0.1) is 0 Å². The van der Waals surface area contributed by atoms with Crippen molar-refractivity contribution in [3.8, 4) is 0 Å². The van der Waals surface area contributed by atoms with Gasteiger partial charge in [0.25, 0.3) is 0 Å². The Morgan fingerprint density at radius 3 is 2.30 bits per heavy atom. The third kappa shape index (κ3) is 4.59. The van der Waals surface area contributed by atoms with E-state index in [0.717, 1.165) is 0 Å². The lowest BCUT2D eigenvalue weighted by atomic mass is 10.2. The van der Waals surface area contributed by atoms with E-state index in [1.54, 1.807) is 13.8 Å². The molecule has 112 valence electrons. The van der Waals surface area contributed by atoms with Gasteiger partial charge in [-0.1, -0.05) is 0 Å². The minimum absolute atomic E-state index is 0.0580. The highest BCUT2D eigenvalue weighted by molar-refractivity contribution is 7.89. The second kappa shape index (κ2) is 6.83. The van der Waals surface area contributed by atoms with Crippen molar-refractivity contribution in [1.82, 2.24) is 4.72 Å². The SMILES string of the molecule is COC(=O)c1ccc(S(=O)(=O)NC(C)CC(C)O)cc1. The maximum atomic E-state index is 12.1. The third-order valence-electron chi connectivity index (χ3n) is 2.64. The van der Waals surface area contributed by atoms with E-state index in [1.165, 1.54) is 31.4 Å². The number of ether oxygens (including phenoxy) is 1. The lowest BCUT2D eigenvalue weighted by Gasteiger charge is -2.15. The van der Waals surface area contributed by atoms with Crippen LogP contribution in [-0.4, -0.2) is 38.7 Å². The molecule has 0 aliphatic carbocycles. The van der Waals surface area contributed by atoms with Crippen molar-refractivity contribution in [3.63, 3.8) is 0 Å². The number of hydrogen-bond donors (Lipinski definition) is 2. The molecule has 0 amide bonds. The van der Waals surface area contributed by atoms with E-state index in [4.69, 9.17) is 0 Å². The van der Waals surface area contributed by atoms with Gasteiger partial charge in [0.05, 0.1) is 23.7 Å². The molecular formula is C13H19NO5S. The summed E-state index contributed by atoms with van der Waals surface area (Å²) in [6, 6.07) is 5.06. The van der Waals surface area contributed by atoms with Crippen molar-refractivity contribution < 1.29 is 23.1 Å². The second-order valence-corrected chi connectivity index (χ2v) is 6.34. The zero-order valence-corrected chi connectivity index (χ0v) is 12.5. The van der Waals surface area contributed by atoms with Crippen LogP contribution in [0.25, 0.3) is 0 Å². The number of aliphatic hydroxyl groups is 1. The van der Waals surface area contributed by atoms with E-state index in [9.17, 15) is 18.3 Å². The molecule has 0 aliphatic rings. The van der Waals surface area contributed by atoms with E-state index in [0.29, 0.717) is 6.42 Å².